The van der Waals surface area contributed by atoms with Crippen LogP contribution >= 0.6 is 11.6 Å². The zero-order valence-electron chi connectivity index (χ0n) is 16.5. The van der Waals surface area contributed by atoms with Crippen LogP contribution in [0.5, 0.6) is 0 Å². The Bertz CT molecular complexity index is 1060. The van der Waals surface area contributed by atoms with Crippen LogP contribution in [0.2, 0.25) is 5.02 Å². The van der Waals surface area contributed by atoms with Crippen molar-refractivity contribution in [3.8, 4) is 0 Å². The Balaban J connectivity index is 1.75. The lowest BCUT2D eigenvalue weighted by Gasteiger charge is -2.16. The standard InChI is InChI=1S/C22H23ClF3N3/c1-14-11-19(22(24,25)26)15(13-27-14)5-10-29-20-4-3-16(23)12-18(20)17-6-8-28(2)9-7-21(17)29/h3-4,11-13H,5-10H2,1-2H3. The third-order valence-electron chi connectivity index (χ3n) is 5.76. The molecule has 3 aromatic rings. The van der Waals surface area contributed by atoms with Crippen LogP contribution in [0.1, 0.15) is 28.1 Å². The van der Waals surface area contributed by atoms with Gasteiger partial charge in [0, 0.05) is 59.6 Å². The number of fused-ring (bicyclic) bond motifs is 3. The second-order valence-electron chi connectivity index (χ2n) is 7.77. The normalized spacial score (nSPS) is 15.5. The third-order valence-corrected chi connectivity index (χ3v) is 5.99. The number of benzene rings is 1. The molecule has 0 spiro atoms. The van der Waals surface area contributed by atoms with Gasteiger partial charge < -0.3 is 9.47 Å². The summed E-state index contributed by atoms with van der Waals surface area (Å²) in [6.07, 6.45) is -0.953. The second kappa shape index (κ2) is 7.65. The lowest BCUT2D eigenvalue weighted by molar-refractivity contribution is -0.138. The van der Waals surface area contributed by atoms with Crippen LogP contribution in [0.15, 0.2) is 30.5 Å². The van der Waals surface area contributed by atoms with Crippen molar-refractivity contribution in [3.05, 3.63) is 63.6 Å². The van der Waals surface area contributed by atoms with Gasteiger partial charge in [-0.25, -0.2) is 0 Å². The molecule has 1 aliphatic heterocycles. The van der Waals surface area contributed by atoms with Crippen molar-refractivity contribution in [2.24, 2.45) is 0 Å². The number of alkyl halides is 3. The number of hydrogen-bond donors (Lipinski definition) is 0. The SMILES string of the molecule is Cc1cc(C(F)(F)F)c(CCn2c3c(c4cc(Cl)ccc42)CCN(C)CC3)cn1. The molecule has 1 aromatic carbocycles. The zero-order chi connectivity index (χ0) is 20.8. The fourth-order valence-corrected chi connectivity index (χ4v) is 4.44. The first-order chi connectivity index (χ1) is 13.7. The summed E-state index contributed by atoms with van der Waals surface area (Å²) in [6.45, 7) is 3.94. The van der Waals surface area contributed by atoms with Gasteiger partial charge in [0.05, 0.1) is 5.56 Å². The molecule has 2 aromatic heterocycles. The van der Waals surface area contributed by atoms with E-state index in [2.05, 4.69) is 21.5 Å². The average molecular weight is 422 g/mol. The van der Waals surface area contributed by atoms with E-state index < -0.39 is 11.7 Å². The summed E-state index contributed by atoms with van der Waals surface area (Å²) in [5.41, 5.74) is 3.54. The largest absolute Gasteiger partial charge is 0.416 e. The number of halogens is 4. The van der Waals surface area contributed by atoms with E-state index in [1.807, 2.05) is 18.2 Å². The van der Waals surface area contributed by atoms with Gasteiger partial charge >= 0.3 is 6.18 Å². The molecule has 4 rings (SSSR count). The van der Waals surface area contributed by atoms with Gasteiger partial charge in [0.25, 0.3) is 0 Å². The summed E-state index contributed by atoms with van der Waals surface area (Å²) in [7, 11) is 2.10. The summed E-state index contributed by atoms with van der Waals surface area (Å²) >= 11 is 6.25. The van der Waals surface area contributed by atoms with Gasteiger partial charge in [-0.2, -0.15) is 13.2 Å². The Morgan fingerprint density at radius 2 is 1.90 bits per heavy atom. The molecule has 7 heteroatoms. The molecule has 0 aliphatic carbocycles. The van der Waals surface area contributed by atoms with Crippen LogP contribution in [0.25, 0.3) is 10.9 Å². The molecule has 0 radical (unpaired) electrons. The maximum atomic E-state index is 13.5. The van der Waals surface area contributed by atoms with Crippen molar-refractivity contribution in [1.29, 1.82) is 0 Å². The minimum absolute atomic E-state index is 0.235. The summed E-state index contributed by atoms with van der Waals surface area (Å²) in [5.74, 6) is 0. The first-order valence-corrected chi connectivity index (χ1v) is 10.1. The number of pyridine rings is 1. The fourth-order valence-electron chi connectivity index (χ4n) is 4.26. The maximum Gasteiger partial charge on any atom is 0.416 e. The molecule has 0 bridgehead atoms. The molecule has 0 saturated heterocycles. The van der Waals surface area contributed by atoms with Gasteiger partial charge in [-0.3, -0.25) is 4.98 Å². The second-order valence-corrected chi connectivity index (χ2v) is 8.21. The molecule has 3 nitrogen and oxygen atoms in total. The predicted octanol–water partition coefficient (Wildman–Crippen LogP) is 5.29. The van der Waals surface area contributed by atoms with Crippen molar-refractivity contribution in [2.45, 2.75) is 38.9 Å². The number of aromatic nitrogens is 2. The van der Waals surface area contributed by atoms with Crippen molar-refractivity contribution < 1.29 is 13.2 Å². The van der Waals surface area contributed by atoms with Crippen LogP contribution in [-0.4, -0.2) is 34.6 Å². The van der Waals surface area contributed by atoms with Crippen LogP contribution in [0, 0.1) is 6.92 Å². The van der Waals surface area contributed by atoms with Gasteiger partial charge in [0.1, 0.15) is 0 Å². The molecule has 0 amide bonds. The van der Waals surface area contributed by atoms with Gasteiger partial charge in [-0.15, -0.1) is 0 Å². The number of nitrogens with zero attached hydrogens (tertiary/aromatic N) is 3. The van der Waals surface area contributed by atoms with Crippen LogP contribution in [0.3, 0.4) is 0 Å². The Hall–Kier alpha value is -2.05. The molecule has 3 heterocycles. The Labute approximate surface area is 173 Å². The molecule has 29 heavy (non-hydrogen) atoms. The monoisotopic (exact) mass is 421 g/mol. The highest BCUT2D eigenvalue weighted by molar-refractivity contribution is 6.31. The van der Waals surface area contributed by atoms with E-state index in [1.165, 1.54) is 17.5 Å². The highest BCUT2D eigenvalue weighted by Crippen LogP contribution is 2.34. The summed E-state index contributed by atoms with van der Waals surface area (Å²) in [6, 6.07) is 6.94. The number of aryl methyl sites for hydroxylation is 3. The van der Waals surface area contributed by atoms with Gasteiger partial charge in [0.2, 0.25) is 0 Å². The van der Waals surface area contributed by atoms with Gasteiger partial charge in [-0.05, 0) is 62.2 Å². The maximum absolute atomic E-state index is 13.5. The number of likely N-dealkylation sites (N-methyl/N-ethyl adjacent to an activating group) is 1. The van der Waals surface area contributed by atoms with E-state index in [-0.39, 0.29) is 12.0 Å². The average Bonchev–Trinajstić information content (AvgIpc) is 2.80. The highest BCUT2D eigenvalue weighted by Gasteiger charge is 2.33. The molecule has 1 aliphatic rings. The van der Waals surface area contributed by atoms with E-state index in [0.29, 0.717) is 17.3 Å². The van der Waals surface area contributed by atoms with Crippen molar-refractivity contribution in [3.63, 3.8) is 0 Å². The van der Waals surface area contributed by atoms with Crippen LogP contribution in [0.4, 0.5) is 13.2 Å². The Kier molecular flexibility index (Phi) is 5.34. The zero-order valence-corrected chi connectivity index (χ0v) is 17.2. The minimum Gasteiger partial charge on any atom is -0.344 e. The Morgan fingerprint density at radius 1 is 1.14 bits per heavy atom. The lowest BCUT2D eigenvalue weighted by atomic mass is 10.1. The quantitative estimate of drug-likeness (QED) is 0.573. The number of rotatable bonds is 3. The van der Waals surface area contributed by atoms with Crippen molar-refractivity contribution >= 4 is 22.5 Å². The Morgan fingerprint density at radius 3 is 2.66 bits per heavy atom. The van der Waals surface area contributed by atoms with Crippen LogP contribution in [-0.2, 0) is 32.0 Å². The van der Waals surface area contributed by atoms with E-state index >= 15 is 0 Å². The van der Waals surface area contributed by atoms with Crippen molar-refractivity contribution in [2.75, 3.05) is 20.1 Å². The molecular formula is C22H23ClF3N3. The molecule has 154 valence electrons. The van der Waals surface area contributed by atoms with E-state index in [4.69, 9.17) is 11.6 Å². The van der Waals surface area contributed by atoms with E-state index in [0.717, 1.165) is 42.9 Å². The van der Waals surface area contributed by atoms with Gasteiger partial charge in [-0.1, -0.05) is 11.6 Å². The van der Waals surface area contributed by atoms with E-state index in [1.54, 1.807) is 6.92 Å². The fraction of sp³-hybridized carbons (Fsp3) is 0.409. The molecule has 0 fully saturated rings. The van der Waals surface area contributed by atoms with E-state index in [9.17, 15) is 13.2 Å². The third kappa shape index (κ3) is 4.01. The topological polar surface area (TPSA) is 21.1 Å². The van der Waals surface area contributed by atoms with Crippen LogP contribution < -0.4 is 0 Å². The molecule has 0 N–H and O–H groups in total. The van der Waals surface area contributed by atoms with Crippen molar-refractivity contribution in [1.82, 2.24) is 14.5 Å². The minimum atomic E-state index is -4.38. The highest BCUT2D eigenvalue weighted by atomic mass is 35.5. The molecule has 0 unspecified atom stereocenters. The first-order valence-electron chi connectivity index (χ1n) is 9.75. The lowest BCUT2D eigenvalue weighted by Crippen LogP contribution is -2.21. The molecule has 0 saturated carbocycles. The first kappa shape index (κ1) is 20.2. The summed E-state index contributed by atoms with van der Waals surface area (Å²) < 4.78 is 42.7. The smallest absolute Gasteiger partial charge is 0.344 e. The number of hydrogen-bond acceptors (Lipinski definition) is 2. The summed E-state index contributed by atoms with van der Waals surface area (Å²) in [5, 5.41) is 1.79. The molecular weight excluding hydrogens is 399 g/mol. The predicted molar refractivity (Wildman–Crippen MR) is 110 cm³/mol. The molecule has 0 atom stereocenters. The van der Waals surface area contributed by atoms with Gasteiger partial charge in [0.15, 0.2) is 0 Å². The summed E-state index contributed by atoms with van der Waals surface area (Å²) in [4.78, 5) is 6.39.